The fourth-order valence-corrected chi connectivity index (χ4v) is 3.68. The van der Waals surface area contributed by atoms with Crippen LogP contribution in [0.1, 0.15) is 30.9 Å². The van der Waals surface area contributed by atoms with Crippen LogP contribution >= 0.6 is 0 Å². The van der Waals surface area contributed by atoms with Gasteiger partial charge in [0.2, 0.25) is 10.0 Å². The van der Waals surface area contributed by atoms with Crippen molar-refractivity contribution < 1.29 is 8.42 Å². The smallest absolute Gasteiger partial charge is 0.240 e. The number of hydrogen-bond acceptors (Lipinski definition) is 3. The van der Waals surface area contributed by atoms with Gasteiger partial charge in [-0.25, -0.2) is 13.1 Å². The fraction of sp³-hybridized carbons (Fsp3) is 0.538. The average molecular weight is 268 g/mol. The molecule has 0 saturated heterocycles. The number of nitrogens with two attached hydrogens (primary N) is 1. The molecule has 5 heteroatoms. The predicted octanol–water partition coefficient (Wildman–Crippen LogP) is 1.19. The Morgan fingerprint density at radius 3 is 2.72 bits per heavy atom. The zero-order valence-corrected chi connectivity index (χ0v) is 11.5. The third-order valence-corrected chi connectivity index (χ3v) is 5.00. The number of sulfonamides is 1. The van der Waals surface area contributed by atoms with Gasteiger partial charge in [0.15, 0.2) is 0 Å². The number of benzene rings is 1. The van der Waals surface area contributed by atoms with Gasteiger partial charge < -0.3 is 5.73 Å². The summed E-state index contributed by atoms with van der Waals surface area (Å²) in [6.45, 7) is 2.24. The molecule has 1 aromatic carbocycles. The van der Waals surface area contributed by atoms with Gasteiger partial charge in [0.05, 0.1) is 4.90 Å². The minimum absolute atomic E-state index is 0.191. The van der Waals surface area contributed by atoms with E-state index in [1.165, 1.54) is 11.1 Å². The van der Waals surface area contributed by atoms with Crippen LogP contribution in [0.4, 0.5) is 0 Å². The van der Waals surface area contributed by atoms with E-state index < -0.39 is 10.0 Å². The first-order valence-electron chi connectivity index (χ1n) is 6.41. The molecule has 1 unspecified atom stereocenters. The van der Waals surface area contributed by atoms with Crippen molar-refractivity contribution in [3.63, 3.8) is 0 Å². The first-order chi connectivity index (χ1) is 8.56. The van der Waals surface area contributed by atoms with E-state index in [9.17, 15) is 8.42 Å². The number of rotatable bonds is 5. The summed E-state index contributed by atoms with van der Waals surface area (Å²) in [7, 11) is -3.44. The number of aryl methyl sites for hydroxylation is 2. The maximum Gasteiger partial charge on any atom is 0.240 e. The molecular formula is C13H20N2O2S. The zero-order chi connectivity index (χ0) is 13.2. The van der Waals surface area contributed by atoms with Crippen molar-refractivity contribution in [1.29, 1.82) is 0 Å². The number of hydrogen-bond donors (Lipinski definition) is 2. The van der Waals surface area contributed by atoms with Crippen molar-refractivity contribution in [2.45, 2.75) is 43.5 Å². The second-order valence-electron chi connectivity index (χ2n) is 4.75. The monoisotopic (exact) mass is 268 g/mol. The van der Waals surface area contributed by atoms with Crippen molar-refractivity contribution in [3.8, 4) is 0 Å². The predicted molar refractivity (Wildman–Crippen MR) is 71.9 cm³/mol. The third kappa shape index (κ3) is 2.74. The summed E-state index contributed by atoms with van der Waals surface area (Å²) < 4.78 is 27.0. The highest BCUT2D eigenvalue weighted by Crippen LogP contribution is 2.24. The molecule has 1 aliphatic carbocycles. The van der Waals surface area contributed by atoms with Gasteiger partial charge in [-0.1, -0.05) is 13.0 Å². The summed E-state index contributed by atoms with van der Waals surface area (Å²) in [5, 5.41) is 0. The molecule has 1 atom stereocenters. The number of fused-ring (bicyclic) bond motifs is 1. The molecule has 0 spiro atoms. The van der Waals surface area contributed by atoms with Gasteiger partial charge in [0.25, 0.3) is 0 Å². The van der Waals surface area contributed by atoms with Gasteiger partial charge in [-0.3, -0.25) is 0 Å². The van der Waals surface area contributed by atoms with Crippen LogP contribution in [0.25, 0.3) is 0 Å². The molecule has 0 saturated carbocycles. The Kier molecular flexibility index (Phi) is 4.04. The molecule has 1 aromatic rings. The van der Waals surface area contributed by atoms with E-state index in [0.717, 1.165) is 19.3 Å². The lowest BCUT2D eigenvalue weighted by Gasteiger charge is -2.15. The van der Waals surface area contributed by atoms with Crippen LogP contribution in [0.3, 0.4) is 0 Å². The van der Waals surface area contributed by atoms with Crippen molar-refractivity contribution in [1.82, 2.24) is 4.72 Å². The lowest BCUT2D eigenvalue weighted by Crippen LogP contribution is -2.39. The first-order valence-corrected chi connectivity index (χ1v) is 7.89. The van der Waals surface area contributed by atoms with Gasteiger partial charge in [-0.15, -0.1) is 0 Å². The van der Waals surface area contributed by atoms with Crippen molar-refractivity contribution in [2.24, 2.45) is 5.73 Å². The molecule has 18 heavy (non-hydrogen) atoms. The van der Waals surface area contributed by atoms with Gasteiger partial charge >= 0.3 is 0 Å². The lowest BCUT2D eigenvalue weighted by atomic mass is 10.1. The molecule has 1 aliphatic rings. The Labute approximate surface area is 109 Å². The van der Waals surface area contributed by atoms with Gasteiger partial charge in [0.1, 0.15) is 0 Å². The van der Waals surface area contributed by atoms with E-state index in [1.807, 2.05) is 13.0 Å². The van der Waals surface area contributed by atoms with E-state index in [4.69, 9.17) is 5.73 Å². The largest absolute Gasteiger partial charge is 0.329 e. The molecule has 0 aliphatic heterocycles. The Bertz CT molecular complexity index is 522. The topological polar surface area (TPSA) is 72.2 Å². The number of nitrogens with one attached hydrogen (secondary N) is 1. The second-order valence-corrected chi connectivity index (χ2v) is 6.46. The molecule has 0 heterocycles. The van der Waals surface area contributed by atoms with Crippen molar-refractivity contribution in [2.75, 3.05) is 6.54 Å². The Morgan fingerprint density at radius 1 is 1.33 bits per heavy atom. The highest BCUT2D eigenvalue weighted by atomic mass is 32.2. The summed E-state index contributed by atoms with van der Waals surface area (Å²) >= 11 is 0. The highest BCUT2D eigenvalue weighted by Gasteiger charge is 2.20. The van der Waals surface area contributed by atoms with E-state index in [-0.39, 0.29) is 6.04 Å². The van der Waals surface area contributed by atoms with Crippen LogP contribution in [0.15, 0.2) is 23.1 Å². The highest BCUT2D eigenvalue weighted by molar-refractivity contribution is 7.89. The van der Waals surface area contributed by atoms with E-state index >= 15 is 0 Å². The molecule has 0 bridgehead atoms. The van der Waals surface area contributed by atoms with Gasteiger partial charge in [-0.2, -0.15) is 0 Å². The SMILES string of the molecule is CCC(CN)NS(=O)(=O)c1ccc2c(c1)CCC2. The van der Waals surface area contributed by atoms with Crippen LogP contribution in [0.2, 0.25) is 0 Å². The van der Waals surface area contributed by atoms with Crippen molar-refractivity contribution in [3.05, 3.63) is 29.3 Å². The average Bonchev–Trinajstić information content (AvgIpc) is 2.83. The first kappa shape index (κ1) is 13.5. The maximum atomic E-state index is 12.2. The van der Waals surface area contributed by atoms with Crippen LogP contribution in [0, 0.1) is 0 Å². The normalized spacial score (nSPS) is 16.6. The molecule has 0 radical (unpaired) electrons. The Balaban J connectivity index is 2.24. The second kappa shape index (κ2) is 5.38. The van der Waals surface area contributed by atoms with E-state index in [0.29, 0.717) is 17.9 Å². The molecule has 0 amide bonds. The molecular weight excluding hydrogens is 248 g/mol. The minimum atomic E-state index is -3.44. The van der Waals surface area contributed by atoms with Crippen LogP contribution < -0.4 is 10.5 Å². The Hall–Kier alpha value is -0.910. The molecule has 0 fully saturated rings. The summed E-state index contributed by atoms with van der Waals surface area (Å²) in [4.78, 5) is 0.357. The Morgan fingerprint density at radius 2 is 2.06 bits per heavy atom. The van der Waals surface area contributed by atoms with Crippen LogP contribution in [-0.4, -0.2) is 21.0 Å². The fourth-order valence-electron chi connectivity index (χ4n) is 2.30. The third-order valence-electron chi connectivity index (χ3n) is 3.48. The van der Waals surface area contributed by atoms with E-state index in [1.54, 1.807) is 12.1 Å². The van der Waals surface area contributed by atoms with Crippen molar-refractivity contribution >= 4 is 10.0 Å². The molecule has 2 rings (SSSR count). The summed E-state index contributed by atoms with van der Waals surface area (Å²) in [6.07, 6.45) is 3.85. The summed E-state index contributed by atoms with van der Waals surface area (Å²) in [5.41, 5.74) is 7.97. The molecule has 100 valence electrons. The van der Waals surface area contributed by atoms with E-state index in [2.05, 4.69) is 4.72 Å². The van der Waals surface area contributed by atoms with Crippen LogP contribution in [0.5, 0.6) is 0 Å². The standard InChI is InChI=1S/C13H20N2O2S/c1-2-12(9-14)15-18(16,17)13-7-6-10-4-3-5-11(10)8-13/h6-8,12,15H,2-5,9,14H2,1H3. The lowest BCUT2D eigenvalue weighted by molar-refractivity contribution is 0.542. The zero-order valence-electron chi connectivity index (χ0n) is 10.6. The maximum absolute atomic E-state index is 12.2. The summed E-state index contributed by atoms with van der Waals surface area (Å²) in [6, 6.07) is 5.23. The minimum Gasteiger partial charge on any atom is -0.329 e. The summed E-state index contributed by atoms with van der Waals surface area (Å²) in [5.74, 6) is 0. The molecule has 4 nitrogen and oxygen atoms in total. The quantitative estimate of drug-likeness (QED) is 0.842. The van der Waals surface area contributed by atoms with Gasteiger partial charge in [-0.05, 0) is 48.9 Å². The van der Waals surface area contributed by atoms with Crippen LogP contribution in [-0.2, 0) is 22.9 Å². The molecule has 3 N–H and O–H groups in total. The van der Waals surface area contributed by atoms with Gasteiger partial charge in [0, 0.05) is 12.6 Å². The molecule has 0 aromatic heterocycles.